The van der Waals surface area contributed by atoms with Crippen LogP contribution in [0.15, 0.2) is 23.1 Å². The van der Waals surface area contributed by atoms with Crippen molar-refractivity contribution in [2.75, 3.05) is 25.1 Å². The molecule has 0 aromatic heterocycles. The molecule has 0 aliphatic heterocycles. The predicted molar refractivity (Wildman–Crippen MR) is 93.1 cm³/mol. The van der Waals surface area contributed by atoms with Gasteiger partial charge in [0.05, 0.1) is 10.5 Å². The van der Waals surface area contributed by atoms with Gasteiger partial charge in [0.25, 0.3) is 0 Å². The Bertz CT molecular complexity index is 646. The van der Waals surface area contributed by atoms with Gasteiger partial charge in [0, 0.05) is 31.5 Å². The lowest BCUT2D eigenvalue weighted by Gasteiger charge is -2.16. The van der Waals surface area contributed by atoms with E-state index in [0.717, 1.165) is 6.42 Å². The first-order chi connectivity index (χ1) is 11.3. The molecule has 0 amide bonds. The zero-order valence-electron chi connectivity index (χ0n) is 14.3. The van der Waals surface area contributed by atoms with E-state index in [1.807, 2.05) is 20.8 Å². The molecule has 7 nitrogen and oxygen atoms in total. The number of benzene rings is 1. The van der Waals surface area contributed by atoms with Gasteiger partial charge in [-0.25, -0.2) is 17.9 Å². The maximum Gasteiger partial charge on any atom is 0.337 e. The Morgan fingerprint density at radius 2 is 2.04 bits per heavy atom. The molecule has 1 aromatic carbocycles. The number of aromatic carboxylic acids is 1. The van der Waals surface area contributed by atoms with Crippen molar-refractivity contribution in [3.8, 4) is 0 Å². The minimum atomic E-state index is -3.75. The molecule has 0 unspecified atom stereocenters. The van der Waals surface area contributed by atoms with Crippen LogP contribution in [0.2, 0.25) is 0 Å². The molecule has 0 radical (unpaired) electrons. The van der Waals surface area contributed by atoms with Gasteiger partial charge in [-0.1, -0.05) is 6.92 Å². The van der Waals surface area contributed by atoms with Gasteiger partial charge in [0.2, 0.25) is 10.0 Å². The summed E-state index contributed by atoms with van der Waals surface area (Å²) in [6.45, 7) is 7.06. The Labute approximate surface area is 143 Å². The van der Waals surface area contributed by atoms with Crippen molar-refractivity contribution < 1.29 is 23.1 Å². The number of carbonyl (C=O) groups is 1. The Morgan fingerprint density at radius 1 is 1.33 bits per heavy atom. The first-order valence-corrected chi connectivity index (χ1v) is 9.51. The van der Waals surface area contributed by atoms with Gasteiger partial charge in [-0.2, -0.15) is 0 Å². The molecule has 0 spiro atoms. The van der Waals surface area contributed by atoms with Gasteiger partial charge in [0.15, 0.2) is 0 Å². The van der Waals surface area contributed by atoms with Crippen LogP contribution in [0.4, 0.5) is 5.69 Å². The van der Waals surface area contributed by atoms with Crippen LogP contribution < -0.4 is 10.0 Å². The van der Waals surface area contributed by atoms with Crippen LogP contribution >= 0.6 is 0 Å². The highest BCUT2D eigenvalue weighted by molar-refractivity contribution is 7.89. The molecule has 24 heavy (non-hydrogen) atoms. The number of carboxylic acids is 1. The first kappa shape index (κ1) is 20.4. The fourth-order valence-corrected chi connectivity index (χ4v) is 3.07. The third kappa shape index (κ3) is 6.10. The number of hydrogen-bond donors (Lipinski definition) is 3. The molecule has 0 saturated heterocycles. The summed E-state index contributed by atoms with van der Waals surface area (Å²) in [4.78, 5) is 11.4. The van der Waals surface area contributed by atoms with Crippen molar-refractivity contribution in [2.24, 2.45) is 0 Å². The fourth-order valence-electron chi connectivity index (χ4n) is 1.97. The zero-order chi connectivity index (χ0) is 18.2. The minimum Gasteiger partial charge on any atom is -0.478 e. The molecule has 0 aliphatic rings. The second-order valence-electron chi connectivity index (χ2n) is 5.41. The number of hydrogen-bond acceptors (Lipinski definition) is 5. The smallest absolute Gasteiger partial charge is 0.337 e. The lowest BCUT2D eigenvalue weighted by Crippen LogP contribution is -2.26. The molecular formula is C16H26N2O5S. The lowest BCUT2D eigenvalue weighted by molar-refractivity contribution is 0.0697. The van der Waals surface area contributed by atoms with Crippen LogP contribution in [0.5, 0.6) is 0 Å². The van der Waals surface area contributed by atoms with Crippen LogP contribution in [0.1, 0.15) is 44.0 Å². The van der Waals surface area contributed by atoms with E-state index in [1.165, 1.54) is 18.2 Å². The summed E-state index contributed by atoms with van der Waals surface area (Å²) in [6.07, 6.45) is 1.37. The quantitative estimate of drug-likeness (QED) is 0.524. The molecular weight excluding hydrogens is 332 g/mol. The average Bonchev–Trinajstić information content (AvgIpc) is 2.54. The zero-order valence-corrected chi connectivity index (χ0v) is 15.1. The van der Waals surface area contributed by atoms with Gasteiger partial charge in [-0.3, -0.25) is 0 Å². The molecule has 1 rings (SSSR count). The van der Waals surface area contributed by atoms with E-state index in [4.69, 9.17) is 4.74 Å². The molecule has 3 N–H and O–H groups in total. The van der Waals surface area contributed by atoms with E-state index in [2.05, 4.69) is 10.0 Å². The summed E-state index contributed by atoms with van der Waals surface area (Å²) in [5.74, 6) is -1.17. The maximum atomic E-state index is 12.3. The van der Waals surface area contributed by atoms with Crippen LogP contribution in [0.3, 0.4) is 0 Å². The Balaban J connectivity index is 2.91. The van der Waals surface area contributed by atoms with Crippen molar-refractivity contribution >= 4 is 21.7 Å². The summed E-state index contributed by atoms with van der Waals surface area (Å²) >= 11 is 0. The maximum absolute atomic E-state index is 12.3. The van der Waals surface area contributed by atoms with E-state index in [0.29, 0.717) is 25.3 Å². The summed E-state index contributed by atoms with van der Waals surface area (Å²) < 4.78 is 32.1. The summed E-state index contributed by atoms with van der Waals surface area (Å²) in [7, 11) is -3.75. The van der Waals surface area contributed by atoms with E-state index >= 15 is 0 Å². The van der Waals surface area contributed by atoms with Gasteiger partial charge >= 0.3 is 5.97 Å². The monoisotopic (exact) mass is 358 g/mol. The van der Waals surface area contributed by atoms with E-state index in [-0.39, 0.29) is 23.0 Å². The van der Waals surface area contributed by atoms with Crippen LogP contribution in [-0.2, 0) is 14.8 Å². The Kier molecular flexibility index (Phi) is 8.17. The second kappa shape index (κ2) is 9.61. The van der Waals surface area contributed by atoms with Crippen molar-refractivity contribution in [1.29, 1.82) is 0 Å². The Morgan fingerprint density at radius 3 is 2.62 bits per heavy atom. The van der Waals surface area contributed by atoms with Gasteiger partial charge in [-0.05, 0) is 44.9 Å². The molecule has 0 saturated carbocycles. The van der Waals surface area contributed by atoms with Crippen molar-refractivity contribution in [2.45, 2.75) is 44.6 Å². The van der Waals surface area contributed by atoms with Crippen LogP contribution in [0, 0.1) is 0 Å². The van der Waals surface area contributed by atoms with Crippen LogP contribution in [0.25, 0.3) is 0 Å². The summed E-state index contributed by atoms with van der Waals surface area (Å²) in [5.41, 5.74) is 0.347. The minimum absolute atomic E-state index is 0.0625. The fraction of sp³-hybridized carbons (Fsp3) is 0.562. The number of ether oxygens (including phenoxy) is 1. The highest BCUT2D eigenvalue weighted by atomic mass is 32.2. The van der Waals surface area contributed by atoms with E-state index in [9.17, 15) is 18.3 Å². The normalized spacial score (nSPS) is 12.8. The van der Waals surface area contributed by atoms with Crippen molar-refractivity contribution in [3.63, 3.8) is 0 Å². The number of anilines is 1. The molecule has 0 bridgehead atoms. The molecule has 0 aliphatic carbocycles. The molecule has 0 heterocycles. The lowest BCUT2D eigenvalue weighted by atomic mass is 10.1. The van der Waals surface area contributed by atoms with Crippen molar-refractivity contribution in [1.82, 2.24) is 4.72 Å². The first-order valence-electron chi connectivity index (χ1n) is 8.03. The predicted octanol–water partition coefficient (Wildman–Crippen LogP) is 2.30. The standard InChI is InChI=1S/C16H26N2O5S/c1-4-12(3)18-15-8-7-13(11-14(15)16(19)20)24(21,22)17-9-6-10-23-5-2/h7-8,11-12,17-18H,4-6,9-10H2,1-3H3,(H,19,20)/t12-/m1/s1. The number of rotatable bonds is 11. The highest BCUT2D eigenvalue weighted by Gasteiger charge is 2.19. The highest BCUT2D eigenvalue weighted by Crippen LogP contribution is 2.22. The molecule has 1 atom stereocenters. The van der Waals surface area contributed by atoms with Gasteiger partial charge in [0.1, 0.15) is 0 Å². The van der Waals surface area contributed by atoms with Gasteiger partial charge < -0.3 is 15.2 Å². The number of sulfonamides is 1. The third-order valence-electron chi connectivity index (χ3n) is 3.51. The van der Waals surface area contributed by atoms with E-state index in [1.54, 1.807) is 0 Å². The largest absolute Gasteiger partial charge is 0.478 e. The van der Waals surface area contributed by atoms with Crippen LogP contribution in [-0.4, -0.2) is 45.3 Å². The SMILES string of the molecule is CCOCCCNS(=O)(=O)c1ccc(N[C@H](C)CC)c(C(=O)O)c1. The summed E-state index contributed by atoms with van der Waals surface area (Å²) in [5, 5.41) is 12.4. The topological polar surface area (TPSA) is 105 Å². The summed E-state index contributed by atoms with van der Waals surface area (Å²) in [6, 6.07) is 4.16. The third-order valence-corrected chi connectivity index (χ3v) is 4.97. The van der Waals surface area contributed by atoms with Crippen molar-refractivity contribution in [3.05, 3.63) is 23.8 Å². The Hall–Kier alpha value is -1.64. The molecule has 136 valence electrons. The molecule has 8 heteroatoms. The molecule has 0 fully saturated rings. The second-order valence-corrected chi connectivity index (χ2v) is 7.18. The number of nitrogens with one attached hydrogen (secondary N) is 2. The van der Waals surface area contributed by atoms with Gasteiger partial charge in [-0.15, -0.1) is 0 Å². The molecule has 1 aromatic rings. The van der Waals surface area contributed by atoms with E-state index < -0.39 is 16.0 Å². The average molecular weight is 358 g/mol. The number of carboxylic acid groups (broad SMARTS) is 1.